The van der Waals surface area contributed by atoms with Gasteiger partial charge in [-0.3, -0.25) is 4.79 Å². The van der Waals surface area contributed by atoms with Gasteiger partial charge < -0.3 is 5.32 Å². The van der Waals surface area contributed by atoms with Gasteiger partial charge in [0.25, 0.3) is 0 Å². The second kappa shape index (κ2) is 4.26. The van der Waals surface area contributed by atoms with Crippen LogP contribution in [0.3, 0.4) is 0 Å². The van der Waals surface area contributed by atoms with E-state index in [0.717, 1.165) is 0 Å². The molecule has 7 heteroatoms. The van der Waals surface area contributed by atoms with Crippen molar-refractivity contribution in [3.63, 3.8) is 0 Å². The minimum atomic E-state index is -3.88. The van der Waals surface area contributed by atoms with E-state index >= 15 is 0 Å². The van der Waals surface area contributed by atoms with Gasteiger partial charge in [-0.15, -0.1) is 0 Å². The topological polar surface area (TPSA) is 63.2 Å². The van der Waals surface area contributed by atoms with Crippen molar-refractivity contribution in [3.8, 4) is 0 Å². The molecule has 1 N–H and O–H groups in total. The van der Waals surface area contributed by atoms with Gasteiger partial charge in [0.15, 0.2) is 5.78 Å². The molecule has 1 aromatic carbocycles. The fraction of sp³-hybridized carbons (Fsp3) is 0.182. The van der Waals surface area contributed by atoms with Gasteiger partial charge >= 0.3 is 0 Å². The summed E-state index contributed by atoms with van der Waals surface area (Å²) in [7, 11) is -3.88. The van der Waals surface area contributed by atoms with Crippen molar-refractivity contribution in [2.75, 3.05) is 5.32 Å². The van der Waals surface area contributed by atoms with E-state index in [4.69, 9.17) is 23.2 Å². The van der Waals surface area contributed by atoms with Crippen LogP contribution in [0, 0.1) is 0 Å². The Bertz CT molecular complexity index is 692. The van der Waals surface area contributed by atoms with Crippen LogP contribution >= 0.6 is 23.2 Å². The zero-order valence-corrected chi connectivity index (χ0v) is 11.9. The number of hydrogen-bond donors (Lipinski definition) is 1. The highest BCUT2D eigenvalue weighted by Crippen LogP contribution is 2.40. The Labute approximate surface area is 115 Å². The monoisotopic (exact) mass is 305 g/mol. The summed E-state index contributed by atoms with van der Waals surface area (Å²) < 4.78 is 24.6. The number of carbonyl (C=O) groups excluding carboxylic acids is 1. The van der Waals surface area contributed by atoms with E-state index in [0.29, 0.717) is 0 Å². The van der Waals surface area contributed by atoms with Crippen molar-refractivity contribution in [2.24, 2.45) is 0 Å². The molecule has 1 aromatic rings. The minimum absolute atomic E-state index is 0.0733. The molecule has 0 radical (unpaired) electrons. The fourth-order valence-electron chi connectivity index (χ4n) is 1.89. The maximum Gasteiger partial charge on any atom is 0.213 e. The van der Waals surface area contributed by atoms with Gasteiger partial charge in [-0.25, -0.2) is 8.42 Å². The molecule has 0 amide bonds. The highest BCUT2D eigenvalue weighted by Gasteiger charge is 2.34. The molecule has 1 aliphatic rings. The lowest BCUT2D eigenvalue weighted by Gasteiger charge is -2.22. The first-order chi connectivity index (χ1) is 8.25. The van der Waals surface area contributed by atoms with Crippen molar-refractivity contribution in [3.05, 3.63) is 32.8 Å². The summed E-state index contributed by atoms with van der Waals surface area (Å²) in [6.07, 6.45) is 0. The summed E-state index contributed by atoms with van der Waals surface area (Å²) >= 11 is 11.7. The summed E-state index contributed by atoms with van der Waals surface area (Å²) in [6, 6.07) is 2.72. The molecular weight excluding hydrogens is 297 g/mol. The van der Waals surface area contributed by atoms with Gasteiger partial charge in [-0.05, 0) is 26.0 Å². The van der Waals surface area contributed by atoms with E-state index in [-0.39, 0.29) is 31.2 Å². The summed E-state index contributed by atoms with van der Waals surface area (Å²) in [5.74, 6) is -0.526. The Balaban J connectivity index is 2.84. The number of fused-ring (bicyclic) bond motifs is 1. The van der Waals surface area contributed by atoms with Crippen LogP contribution in [-0.4, -0.2) is 14.2 Å². The number of allylic oxidation sites excluding steroid dienone is 2. The Morgan fingerprint density at radius 1 is 1.28 bits per heavy atom. The van der Waals surface area contributed by atoms with Crippen LogP contribution in [-0.2, 0) is 14.6 Å². The second-order valence-corrected chi connectivity index (χ2v) is 6.60. The van der Waals surface area contributed by atoms with E-state index in [1.165, 1.54) is 26.0 Å². The van der Waals surface area contributed by atoms with Gasteiger partial charge in [-0.2, -0.15) is 0 Å². The molecule has 0 bridgehead atoms. The zero-order chi connectivity index (χ0) is 13.7. The standard InChI is InChI=1S/C11H9Cl2NO3S/c1-5-11(6(2)15)18(16,17)9-4-7(12)3-8(13)10(9)14-5/h3-4,14H,1-2H3. The Morgan fingerprint density at radius 2 is 1.89 bits per heavy atom. The molecule has 4 nitrogen and oxygen atoms in total. The van der Waals surface area contributed by atoms with E-state index in [1.807, 2.05) is 0 Å². The highest BCUT2D eigenvalue weighted by molar-refractivity contribution is 7.96. The number of carbonyl (C=O) groups is 1. The van der Waals surface area contributed by atoms with Crippen LogP contribution < -0.4 is 5.32 Å². The molecular formula is C11H9Cl2NO3S. The van der Waals surface area contributed by atoms with Crippen LogP contribution in [0.1, 0.15) is 13.8 Å². The molecule has 0 saturated carbocycles. The molecule has 0 atom stereocenters. The van der Waals surface area contributed by atoms with E-state index in [2.05, 4.69) is 5.32 Å². The summed E-state index contributed by atoms with van der Waals surface area (Å²) in [5.41, 5.74) is 0.516. The minimum Gasteiger partial charge on any atom is -0.356 e. The first-order valence-corrected chi connectivity index (χ1v) is 7.22. The quantitative estimate of drug-likeness (QED) is 0.866. The molecule has 0 spiro atoms. The summed E-state index contributed by atoms with van der Waals surface area (Å²) in [4.78, 5) is 11.1. The molecule has 0 saturated heterocycles. The molecule has 0 aromatic heterocycles. The third-order valence-electron chi connectivity index (χ3n) is 2.55. The molecule has 1 aliphatic heterocycles. The fourth-order valence-corrected chi connectivity index (χ4v) is 4.32. The van der Waals surface area contributed by atoms with Crippen LogP contribution in [0.15, 0.2) is 27.6 Å². The van der Waals surface area contributed by atoms with Crippen molar-refractivity contribution in [2.45, 2.75) is 18.7 Å². The molecule has 0 aliphatic carbocycles. The summed E-state index contributed by atoms with van der Waals surface area (Å²) in [6.45, 7) is 2.72. The molecule has 0 unspecified atom stereocenters. The van der Waals surface area contributed by atoms with Crippen LogP contribution in [0.2, 0.25) is 10.0 Å². The zero-order valence-electron chi connectivity index (χ0n) is 9.54. The number of sulfone groups is 1. The van der Waals surface area contributed by atoms with Crippen LogP contribution in [0.5, 0.6) is 0 Å². The largest absolute Gasteiger partial charge is 0.356 e. The van der Waals surface area contributed by atoms with Crippen LogP contribution in [0.25, 0.3) is 0 Å². The van der Waals surface area contributed by atoms with E-state index < -0.39 is 15.6 Å². The lowest BCUT2D eigenvalue weighted by Crippen LogP contribution is -2.22. The first kappa shape index (κ1) is 13.4. The van der Waals surface area contributed by atoms with Crippen molar-refractivity contribution < 1.29 is 13.2 Å². The van der Waals surface area contributed by atoms with Gasteiger partial charge in [-0.1, -0.05) is 23.2 Å². The Morgan fingerprint density at radius 3 is 2.44 bits per heavy atom. The maximum absolute atomic E-state index is 12.3. The van der Waals surface area contributed by atoms with Crippen molar-refractivity contribution in [1.82, 2.24) is 0 Å². The van der Waals surface area contributed by atoms with Gasteiger partial charge in [0, 0.05) is 10.7 Å². The number of rotatable bonds is 1. The van der Waals surface area contributed by atoms with E-state index in [1.54, 1.807) is 0 Å². The first-order valence-electron chi connectivity index (χ1n) is 4.98. The number of hydrogen-bond acceptors (Lipinski definition) is 4. The Hall–Kier alpha value is -1.04. The molecule has 18 heavy (non-hydrogen) atoms. The lowest BCUT2D eigenvalue weighted by molar-refractivity contribution is -0.113. The number of anilines is 1. The average Bonchev–Trinajstić information content (AvgIpc) is 2.18. The van der Waals surface area contributed by atoms with Crippen molar-refractivity contribution in [1.29, 1.82) is 0 Å². The number of nitrogens with one attached hydrogen (secondary N) is 1. The third kappa shape index (κ3) is 1.92. The number of halogens is 2. The normalized spacial score (nSPS) is 17.1. The SMILES string of the molecule is CC(=O)C1=C(C)Nc2c(Cl)cc(Cl)cc2S1(=O)=O. The van der Waals surface area contributed by atoms with Gasteiger partial charge in [0.1, 0.15) is 4.91 Å². The molecule has 0 fully saturated rings. The third-order valence-corrected chi connectivity index (χ3v) is 5.10. The summed E-state index contributed by atoms with van der Waals surface area (Å²) in [5, 5.41) is 3.23. The Kier molecular flexibility index (Phi) is 3.17. The maximum atomic E-state index is 12.3. The predicted octanol–water partition coefficient (Wildman–Crippen LogP) is 3.01. The van der Waals surface area contributed by atoms with Gasteiger partial charge in [0.2, 0.25) is 9.84 Å². The number of ketones is 1. The molecule has 1 heterocycles. The smallest absolute Gasteiger partial charge is 0.213 e. The molecule has 2 rings (SSSR count). The lowest BCUT2D eigenvalue weighted by atomic mass is 10.2. The van der Waals surface area contributed by atoms with E-state index in [9.17, 15) is 13.2 Å². The second-order valence-electron chi connectivity index (χ2n) is 3.90. The molecule has 96 valence electrons. The van der Waals surface area contributed by atoms with Crippen LogP contribution in [0.4, 0.5) is 5.69 Å². The number of benzene rings is 1. The highest BCUT2D eigenvalue weighted by atomic mass is 35.5. The number of Topliss-reactive ketones (excluding diaryl/α,β-unsaturated/α-hetero) is 1. The van der Waals surface area contributed by atoms with Crippen molar-refractivity contribution >= 4 is 44.5 Å². The van der Waals surface area contributed by atoms with Gasteiger partial charge in [0.05, 0.1) is 15.6 Å². The average molecular weight is 306 g/mol. The predicted molar refractivity (Wildman–Crippen MR) is 70.7 cm³/mol.